The second-order valence-corrected chi connectivity index (χ2v) is 6.40. The van der Waals surface area contributed by atoms with E-state index in [1.807, 2.05) is 24.6 Å². The molecule has 0 aliphatic carbocycles. The topological polar surface area (TPSA) is 82.5 Å². The van der Waals surface area contributed by atoms with Crippen molar-refractivity contribution in [3.8, 4) is 5.69 Å². The standard InChI is InChI=1S/C19H23N3O4/c1-13-10-14(2)22(21-13)16-7-5-15(6-8-16)19(24)26-12-18(23)20-11-17-4-3-9-25-17/h5-8,10,17H,3-4,9,11-12H2,1-2H3,(H,20,23)/t17-/m1/s1. The monoisotopic (exact) mass is 357 g/mol. The molecule has 7 nitrogen and oxygen atoms in total. The van der Waals surface area contributed by atoms with Crippen LogP contribution in [0.25, 0.3) is 5.69 Å². The Balaban J connectivity index is 1.50. The quantitative estimate of drug-likeness (QED) is 0.799. The maximum atomic E-state index is 12.1. The third-order valence-electron chi connectivity index (χ3n) is 4.24. The highest BCUT2D eigenvalue weighted by Crippen LogP contribution is 2.14. The second-order valence-electron chi connectivity index (χ2n) is 6.40. The third-order valence-corrected chi connectivity index (χ3v) is 4.24. The maximum absolute atomic E-state index is 12.1. The van der Waals surface area contributed by atoms with Crippen LogP contribution in [0, 0.1) is 13.8 Å². The van der Waals surface area contributed by atoms with Gasteiger partial charge in [-0.25, -0.2) is 9.48 Å². The van der Waals surface area contributed by atoms with Crippen LogP contribution in [0.5, 0.6) is 0 Å². The van der Waals surface area contributed by atoms with E-state index in [9.17, 15) is 9.59 Å². The number of aryl methyl sites for hydroxylation is 2. The zero-order valence-electron chi connectivity index (χ0n) is 15.0. The molecule has 26 heavy (non-hydrogen) atoms. The van der Waals surface area contributed by atoms with Crippen LogP contribution >= 0.6 is 0 Å². The van der Waals surface area contributed by atoms with E-state index in [2.05, 4.69) is 10.4 Å². The summed E-state index contributed by atoms with van der Waals surface area (Å²) in [7, 11) is 0. The van der Waals surface area contributed by atoms with Crippen LogP contribution in [0.4, 0.5) is 0 Å². The fourth-order valence-electron chi connectivity index (χ4n) is 2.93. The number of nitrogens with zero attached hydrogens (tertiary/aromatic N) is 2. The number of hydrogen-bond acceptors (Lipinski definition) is 5. The van der Waals surface area contributed by atoms with Crippen molar-refractivity contribution in [1.29, 1.82) is 0 Å². The van der Waals surface area contributed by atoms with E-state index in [1.54, 1.807) is 24.3 Å². The van der Waals surface area contributed by atoms with Crippen molar-refractivity contribution in [3.63, 3.8) is 0 Å². The van der Waals surface area contributed by atoms with Gasteiger partial charge in [-0.3, -0.25) is 4.79 Å². The minimum absolute atomic E-state index is 0.0663. The Bertz CT molecular complexity index is 777. The zero-order chi connectivity index (χ0) is 18.5. The Morgan fingerprint density at radius 3 is 2.69 bits per heavy atom. The minimum Gasteiger partial charge on any atom is -0.452 e. The molecular formula is C19H23N3O4. The van der Waals surface area contributed by atoms with E-state index in [0.29, 0.717) is 12.1 Å². The predicted octanol–water partition coefficient (Wildman–Crippen LogP) is 1.94. The van der Waals surface area contributed by atoms with Crippen LogP contribution in [-0.2, 0) is 14.3 Å². The molecule has 3 rings (SSSR count). The molecule has 1 aromatic carbocycles. The maximum Gasteiger partial charge on any atom is 0.338 e. The lowest BCUT2D eigenvalue weighted by atomic mass is 10.2. The zero-order valence-corrected chi connectivity index (χ0v) is 15.0. The number of carbonyl (C=O) groups excluding carboxylic acids is 2. The molecule has 0 radical (unpaired) electrons. The Hall–Kier alpha value is -2.67. The van der Waals surface area contributed by atoms with Crippen molar-refractivity contribution in [1.82, 2.24) is 15.1 Å². The number of benzene rings is 1. The van der Waals surface area contributed by atoms with Gasteiger partial charge < -0.3 is 14.8 Å². The van der Waals surface area contributed by atoms with E-state index >= 15 is 0 Å². The molecule has 0 spiro atoms. The summed E-state index contributed by atoms with van der Waals surface area (Å²) in [4.78, 5) is 23.8. The molecule has 138 valence electrons. The number of esters is 1. The van der Waals surface area contributed by atoms with E-state index in [4.69, 9.17) is 9.47 Å². The van der Waals surface area contributed by atoms with Crippen LogP contribution in [0.1, 0.15) is 34.6 Å². The summed E-state index contributed by atoms with van der Waals surface area (Å²) in [6.07, 6.45) is 2.03. The summed E-state index contributed by atoms with van der Waals surface area (Å²) >= 11 is 0. The molecule has 0 saturated carbocycles. The van der Waals surface area contributed by atoms with Crippen LogP contribution in [0.2, 0.25) is 0 Å². The van der Waals surface area contributed by atoms with Crippen LogP contribution in [0.3, 0.4) is 0 Å². The van der Waals surface area contributed by atoms with Crippen molar-refractivity contribution in [2.24, 2.45) is 0 Å². The van der Waals surface area contributed by atoms with Gasteiger partial charge in [-0.05, 0) is 57.0 Å². The average Bonchev–Trinajstić information content (AvgIpc) is 3.27. The van der Waals surface area contributed by atoms with Gasteiger partial charge in [0.05, 0.1) is 23.0 Å². The highest BCUT2D eigenvalue weighted by molar-refractivity contribution is 5.91. The normalized spacial score (nSPS) is 16.5. The molecule has 1 amide bonds. The molecule has 2 heterocycles. The van der Waals surface area contributed by atoms with Gasteiger partial charge in [-0.15, -0.1) is 0 Å². The van der Waals surface area contributed by atoms with Gasteiger partial charge in [-0.1, -0.05) is 0 Å². The van der Waals surface area contributed by atoms with Crippen LogP contribution in [-0.4, -0.2) is 47.5 Å². The van der Waals surface area contributed by atoms with Gasteiger partial charge in [0.2, 0.25) is 0 Å². The van der Waals surface area contributed by atoms with Crippen molar-refractivity contribution >= 4 is 11.9 Å². The van der Waals surface area contributed by atoms with E-state index in [1.165, 1.54) is 0 Å². The summed E-state index contributed by atoms with van der Waals surface area (Å²) in [6, 6.07) is 8.91. The van der Waals surface area contributed by atoms with Gasteiger partial charge in [0, 0.05) is 18.8 Å². The molecule has 1 N–H and O–H groups in total. The number of hydrogen-bond donors (Lipinski definition) is 1. The molecule has 0 unspecified atom stereocenters. The minimum atomic E-state index is -0.530. The Labute approximate surface area is 152 Å². The van der Waals surface area contributed by atoms with Crippen molar-refractivity contribution < 1.29 is 19.1 Å². The summed E-state index contributed by atoms with van der Waals surface area (Å²) in [5, 5.41) is 7.12. The highest BCUT2D eigenvalue weighted by Gasteiger charge is 2.17. The fraction of sp³-hybridized carbons (Fsp3) is 0.421. The van der Waals surface area contributed by atoms with Crippen molar-refractivity contribution in [2.45, 2.75) is 32.8 Å². The van der Waals surface area contributed by atoms with Gasteiger partial charge in [0.25, 0.3) is 5.91 Å². The molecule has 1 aliphatic rings. The lowest BCUT2D eigenvalue weighted by molar-refractivity contribution is -0.124. The molecule has 1 aromatic heterocycles. The lowest BCUT2D eigenvalue weighted by Crippen LogP contribution is -2.34. The second kappa shape index (κ2) is 8.14. The van der Waals surface area contributed by atoms with E-state index in [-0.39, 0.29) is 18.6 Å². The molecular weight excluding hydrogens is 334 g/mol. The first-order valence-electron chi connectivity index (χ1n) is 8.72. The number of rotatable bonds is 6. The Morgan fingerprint density at radius 1 is 1.31 bits per heavy atom. The number of ether oxygens (including phenoxy) is 2. The molecule has 7 heteroatoms. The summed E-state index contributed by atoms with van der Waals surface area (Å²) < 4.78 is 12.3. The molecule has 0 bridgehead atoms. The number of amides is 1. The number of aromatic nitrogens is 2. The molecule has 1 fully saturated rings. The lowest BCUT2D eigenvalue weighted by Gasteiger charge is -2.11. The van der Waals surface area contributed by atoms with Crippen LogP contribution in [0.15, 0.2) is 30.3 Å². The Kier molecular flexibility index (Phi) is 5.68. The van der Waals surface area contributed by atoms with Crippen molar-refractivity contribution in [2.75, 3.05) is 19.8 Å². The summed E-state index contributed by atoms with van der Waals surface area (Å²) in [5.74, 6) is -0.856. The Morgan fingerprint density at radius 2 is 2.08 bits per heavy atom. The van der Waals surface area contributed by atoms with Gasteiger partial charge in [0.1, 0.15) is 0 Å². The number of carbonyl (C=O) groups is 2. The van der Waals surface area contributed by atoms with Gasteiger partial charge in [0.15, 0.2) is 6.61 Å². The molecule has 1 saturated heterocycles. The smallest absolute Gasteiger partial charge is 0.338 e. The van der Waals surface area contributed by atoms with E-state index in [0.717, 1.165) is 36.5 Å². The predicted molar refractivity (Wildman–Crippen MR) is 95.3 cm³/mol. The first-order chi connectivity index (χ1) is 12.5. The molecule has 1 atom stereocenters. The molecule has 2 aromatic rings. The first-order valence-corrected chi connectivity index (χ1v) is 8.72. The summed E-state index contributed by atoms with van der Waals surface area (Å²) in [5.41, 5.74) is 3.20. The van der Waals surface area contributed by atoms with E-state index < -0.39 is 5.97 Å². The average molecular weight is 357 g/mol. The fourth-order valence-corrected chi connectivity index (χ4v) is 2.93. The third kappa shape index (κ3) is 4.49. The molecule has 1 aliphatic heterocycles. The van der Waals surface area contributed by atoms with Crippen molar-refractivity contribution in [3.05, 3.63) is 47.3 Å². The van der Waals surface area contributed by atoms with Gasteiger partial charge >= 0.3 is 5.97 Å². The van der Waals surface area contributed by atoms with Crippen LogP contribution < -0.4 is 5.32 Å². The highest BCUT2D eigenvalue weighted by atomic mass is 16.5. The largest absolute Gasteiger partial charge is 0.452 e. The number of nitrogens with one attached hydrogen (secondary N) is 1. The first kappa shape index (κ1) is 18.1. The summed E-state index contributed by atoms with van der Waals surface area (Å²) in [6.45, 7) is 4.79. The van der Waals surface area contributed by atoms with Gasteiger partial charge in [-0.2, -0.15) is 5.10 Å². The SMILES string of the molecule is Cc1cc(C)n(-c2ccc(C(=O)OCC(=O)NC[C@H]3CCCO3)cc2)n1.